The molecule has 1 rings (SSSR count). The molecule has 19 heavy (non-hydrogen) atoms. The molecule has 5 heteroatoms. The van der Waals surface area contributed by atoms with E-state index in [1.54, 1.807) is 14.0 Å². The Bertz CT molecular complexity index is 511. The third kappa shape index (κ3) is 4.84. The van der Waals surface area contributed by atoms with Crippen LogP contribution in [0.4, 0.5) is 0 Å². The molecule has 0 aliphatic rings. The molecule has 2 N–H and O–H groups in total. The monoisotopic (exact) mass is 285 g/mol. The molecule has 0 saturated carbocycles. The van der Waals surface area contributed by atoms with E-state index < -0.39 is 9.84 Å². The lowest BCUT2D eigenvalue weighted by atomic mass is 10.0. The highest BCUT2D eigenvalue weighted by Crippen LogP contribution is 2.27. The van der Waals surface area contributed by atoms with E-state index >= 15 is 0 Å². The lowest BCUT2D eigenvalue weighted by Crippen LogP contribution is -2.15. The Balaban J connectivity index is 2.66. The second-order valence-electron chi connectivity index (χ2n) is 4.73. The fourth-order valence-electron chi connectivity index (χ4n) is 1.95. The molecule has 0 radical (unpaired) electrons. The van der Waals surface area contributed by atoms with E-state index in [0.29, 0.717) is 12.8 Å². The second-order valence-corrected chi connectivity index (χ2v) is 7.20. The van der Waals surface area contributed by atoms with Gasteiger partial charge < -0.3 is 10.5 Å². The van der Waals surface area contributed by atoms with Crippen molar-refractivity contribution in [3.05, 3.63) is 29.3 Å². The number of aryl methyl sites for hydroxylation is 1. The van der Waals surface area contributed by atoms with E-state index in [1.807, 2.05) is 25.1 Å². The van der Waals surface area contributed by atoms with Gasteiger partial charge in [0.1, 0.15) is 15.6 Å². The SMILES string of the molecule is CCS(=O)(=O)CCCC(N)c1ccc(C)cc1OC. The van der Waals surface area contributed by atoms with Crippen LogP contribution >= 0.6 is 0 Å². The first kappa shape index (κ1) is 16.0. The number of benzene rings is 1. The topological polar surface area (TPSA) is 69.4 Å². The van der Waals surface area contributed by atoms with Crippen LogP contribution in [0.2, 0.25) is 0 Å². The standard InChI is InChI=1S/C14H23NO3S/c1-4-19(16,17)9-5-6-13(15)12-8-7-11(2)10-14(12)18-3/h7-8,10,13H,4-6,9,15H2,1-3H3. The number of methoxy groups -OCH3 is 1. The fourth-order valence-corrected chi connectivity index (χ4v) is 2.84. The first-order valence-electron chi connectivity index (χ1n) is 6.50. The van der Waals surface area contributed by atoms with E-state index in [2.05, 4.69) is 0 Å². The van der Waals surface area contributed by atoms with Crippen LogP contribution in [-0.4, -0.2) is 27.0 Å². The van der Waals surface area contributed by atoms with E-state index in [1.165, 1.54) is 0 Å². The van der Waals surface area contributed by atoms with Gasteiger partial charge in [0.2, 0.25) is 0 Å². The number of nitrogens with two attached hydrogens (primary N) is 1. The van der Waals surface area contributed by atoms with Crippen LogP contribution in [0.25, 0.3) is 0 Å². The minimum atomic E-state index is -2.91. The molecule has 1 atom stereocenters. The summed E-state index contributed by atoms with van der Waals surface area (Å²) in [7, 11) is -1.29. The van der Waals surface area contributed by atoms with Crippen molar-refractivity contribution in [2.45, 2.75) is 32.7 Å². The number of rotatable bonds is 7. The molecule has 0 aromatic heterocycles. The van der Waals surface area contributed by atoms with Crippen molar-refractivity contribution in [1.82, 2.24) is 0 Å². The van der Waals surface area contributed by atoms with Gasteiger partial charge in [-0.15, -0.1) is 0 Å². The fraction of sp³-hybridized carbons (Fsp3) is 0.571. The van der Waals surface area contributed by atoms with Crippen molar-refractivity contribution in [3.8, 4) is 5.75 Å². The molecule has 0 heterocycles. The molecule has 0 fully saturated rings. The maximum absolute atomic E-state index is 11.4. The van der Waals surface area contributed by atoms with E-state index in [4.69, 9.17) is 10.5 Å². The molecule has 1 aromatic carbocycles. The molecular weight excluding hydrogens is 262 g/mol. The highest BCUT2D eigenvalue weighted by Gasteiger charge is 2.14. The van der Waals surface area contributed by atoms with Gasteiger partial charge in [-0.1, -0.05) is 19.1 Å². The van der Waals surface area contributed by atoms with E-state index in [0.717, 1.165) is 16.9 Å². The Morgan fingerprint density at radius 2 is 2.05 bits per heavy atom. The summed E-state index contributed by atoms with van der Waals surface area (Å²) in [5.74, 6) is 1.16. The number of ether oxygens (including phenoxy) is 1. The van der Waals surface area contributed by atoms with Crippen LogP contribution in [0.1, 0.15) is 36.9 Å². The number of hydrogen-bond donors (Lipinski definition) is 1. The Labute approximate surface area is 115 Å². The third-order valence-corrected chi connectivity index (χ3v) is 4.99. The minimum absolute atomic E-state index is 0.191. The quantitative estimate of drug-likeness (QED) is 0.834. The molecule has 0 aliphatic carbocycles. The van der Waals surface area contributed by atoms with Crippen molar-refractivity contribution < 1.29 is 13.2 Å². The normalized spacial score (nSPS) is 13.3. The van der Waals surface area contributed by atoms with Crippen molar-refractivity contribution in [3.63, 3.8) is 0 Å². The van der Waals surface area contributed by atoms with Crippen LogP contribution in [-0.2, 0) is 9.84 Å². The Hall–Kier alpha value is -1.07. The molecule has 0 spiro atoms. The summed E-state index contributed by atoms with van der Waals surface area (Å²) in [6.07, 6.45) is 1.22. The van der Waals surface area contributed by atoms with Gasteiger partial charge >= 0.3 is 0 Å². The van der Waals surface area contributed by atoms with Gasteiger partial charge in [0.15, 0.2) is 0 Å². The number of sulfone groups is 1. The third-order valence-electron chi connectivity index (χ3n) is 3.20. The predicted molar refractivity (Wildman–Crippen MR) is 78.2 cm³/mol. The van der Waals surface area contributed by atoms with Crippen LogP contribution in [0.15, 0.2) is 18.2 Å². The second kappa shape index (κ2) is 6.91. The smallest absolute Gasteiger partial charge is 0.150 e. The summed E-state index contributed by atoms with van der Waals surface area (Å²) in [6, 6.07) is 5.69. The molecule has 1 aromatic rings. The largest absolute Gasteiger partial charge is 0.496 e. The van der Waals surface area contributed by atoms with Gasteiger partial charge in [-0.05, 0) is 31.4 Å². The Morgan fingerprint density at radius 3 is 2.63 bits per heavy atom. The van der Waals surface area contributed by atoms with Crippen molar-refractivity contribution in [2.75, 3.05) is 18.6 Å². The van der Waals surface area contributed by atoms with Gasteiger partial charge in [0.25, 0.3) is 0 Å². The molecular formula is C14H23NO3S. The predicted octanol–water partition coefficient (Wildman–Crippen LogP) is 2.22. The lowest BCUT2D eigenvalue weighted by molar-refractivity contribution is 0.403. The minimum Gasteiger partial charge on any atom is -0.496 e. The zero-order valence-electron chi connectivity index (χ0n) is 11.8. The van der Waals surface area contributed by atoms with Gasteiger partial charge in [0, 0.05) is 17.4 Å². The molecule has 0 amide bonds. The number of hydrogen-bond acceptors (Lipinski definition) is 4. The molecule has 0 bridgehead atoms. The summed E-state index contributed by atoms with van der Waals surface area (Å²) in [5, 5.41) is 0. The molecule has 0 aliphatic heterocycles. The molecule has 0 saturated heterocycles. The zero-order valence-corrected chi connectivity index (χ0v) is 12.7. The first-order valence-corrected chi connectivity index (χ1v) is 8.32. The summed E-state index contributed by atoms with van der Waals surface area (Å²) in [4.78, 5) is 0. The van der Waals surface area contributed by atoms with Crippen LogP contribution in [0.3, 0.4) is 0 Å². The van der Waals surface area contributed by atoms with Gasteiger partial charge in [-0.3, -0.25) is 0 Å². The van der Waals surface area contributed by atoms with Crippen molar-refractivity contribution in [2.24, 2.45) is 5.73 Å². The van der Waals surface area contributed by atoms with Crippen LogP contribution in [0.5, 0.6) is 5.75 Å². The maximum Gasteiger partial charge on any atom is 0.150 e. The molecule has 4 nitrogen and oxygen atoms in total. The highest BCUT2D eigenvalue weighted by molar-refractivity contribution is 7.91. The van der Waals surface area contributed by atoms with Gasteiger partial charge in [-0.2, -0.15) is 0 Å². The average Bonchev–Trinajstić information content (AvgIpc) is 2.38. The Morgan fingerprint density at radius 1 is 1.37 bits per heavy atom. The molecule has 108 valence electrons. The molecule has 1 unspecified atom stereocenters. The summed E-state index contributed by atoms with van der Waals surface area (Å²) in [6.45, 7) is 3.66. The van der Waals surface area contributed by atoms with Crippen LogP contribution < -0.4 is 10.5 Å². The van der Waals surface area contributed by atoms with E-state index in [-0.39, 0.29) is 17.5 Å². The van der Waals surface area contributed by atoms with Crippen LogP contribution in [0, 0.1) is 6.92 Å². The zero-order chi connectivity index (χ0) is 14.5. The summed E-state index contributed by atoms with van der Waals surface area (Å²) >= 11 is 0. The maximum atomic E-state index is 11.4. The lowest BCUT2D eigenvalue weighted by Gasteiger charge is -2.16. The van der Waals surface area contributed by atoms with Gasteiger partial charge in [0.05, 0.1) is 12.9 Å². The Kier molecular flexibility index (Phi) is 5.82. The van der Waals surface area contributed by atoms with E-state index in [9.17, 15) is 8.42 Å². The highest BCUT2D eigenvalue weighted by atomic mass is 32.2. The van der Waals surface area contributed by atoms with Crippen molar-refractivity contribution in [1.29, 1.82) is 0 Å². The summed E-state index contributed by atoms with van der Waals surface area (Å²) in [5.41, 5.74) is 8.16. The van der Waals surface area contributed by atoms with Crippen molar-refractivity contribution >= 4 is 9.84 Å². The average molecular weight is 285 g/mol. The summed E-state index contributed by atoms with van der Waals surface area (Å²) < 4.78 is 28.2. The van der Waals surface area contributed by atoms with Gasteiger partial charge in [-0.25, -0.2) is 8.42 Å². The first-order chi connectivity index (χ1) is 8.89.